The fourth-order valence-electron chi connectivity index (χ4n) is 5.00. The molecule has 222 valence electrons. The number of carbonyl (C=O) groups is 2. The average Bonchev–Trinajstić information content (AvgIpc) is 3.54. The molecule has 0 atom stereocenters. The molecule has 3 aromatic heterocycles. The van der Waals surface area contributed by atoms with Gasteiger partial charge in [0.15, 0.2) is 5.69 Å². The summed E-state index contributed by atoms with van der Waals surface area (Å²) in [5.74, 6) is -0.843. The summed E-state index contributed by atoms with van der Waals surface area (Å²) in [6.45, 7) is 4.93. The summed E-state index contributed by atoms with van der Waals surface area (Å²) in [5, 5.41) is 5.71. The molecule has 6 rings (SSSR count). The average molecular weight is 585 g/mol. The van der Waals surface area contributed by atoms with Crippen molar-refractivity contribution >= 4 is 29.2 Å². The number of aromatic nitrogens is 4. The van der Waals surface area contributed by atoms with Crippen molar-refractivity contribution in [1.29, 1.82) is 0 Å². The summed E-state index contributed by atoms with van der Waals surface area (Å²) in [6.07, 6.45) is 9.26. The Morgan fingerprint density at radius 3 is 2.53 bits per heavy atom. The van der Waals surface area contributed by atoms with Gasteiger partial charge in [0.05, 0.1) is 36.3 Å². The SMILES string of the molecule is O=C(Nc1ccc(CN2CCOCC2)cc1C(=O)Nc1cccnc1)c1coc(N2CCC(Oc3ncccn3)CC2)n1. The van der Waals surface area contributed by atoms with E-state index in [1.807, 2.05) is 11.0 Å². The number of hydrogen-bond donors (Lipinski definition) is 2. The van der Waals surface area contributed by atoms with Gasteiger partial charge in [-0.3, -0.25) is 19.5 Å². The molecular formula is C30H32N8O5. The number of carbonyl (C=O) groups excluding carboxylic acids is 2. The molecule has 0 saturated carbocycles. The van der Waals surface area contributed by atoms with Gasteiger partial charge in [0.2, 0.25) is 0 Å². The fraction of sp³-hybridized carbons (Fsp3) is 0.333. The lowest BCUT2D eigenvalue weighted by molar-refractivity contribution is 0.0342. The number of piperidine rings is 1. The van der Waals surface area contributed by atoms with E-state index in [2.05, 4.69) is 35.5 Å². The second kappa shape index (κ2) is 13.4. The summed E-state index contributed by atoms with van der Waals surface area (Å²) < 4.78 is 17.0. The molecule has 2 aliphatic heterocycles. The fourth-order valence-corrected chi connectivity index (χ4v) is 5.00. The molecule has 5 heterocycles. The second-order valence-electron chi connectivity index (χ2n) is 10.3. The summed E-state index contributed by atoms with van der Waals surface area (Å²) in [5.41, 5.74) is 2.31. The highest BCUT2D eigenvalue weighted by Gasteiger charge is 2.26. The van der Waals surface area contributed by atoms with Crippen molar-refractivity contribution < 1.29 is 23.5 Å². The number of nitrogens with zero attached hydrogens (tertiary/aromatic N) is 6. The van der Waals surface area contributed by atoms with E-state index in [-0.39, 0.29) is 17.7 Å². The number of rotatable bonds is 9. The maximum atomic E-state index is 13.4. The zero-order chi connectivity index (χ0) is 29.4. The monoisotopic (exact) mass is 584 g/mol. The first-order valence-electron chi connectivity index (χ1n) is 14.2. The van der Waals surface area contributed by atoms with E-state index in [9.17, 15) is 9.59 Å². The summed E-state index contributed by atoms with van der Waals surface area (Å²) in [4.78, 5) is 47.6. The largest absolute Gasteiger partial charge is 0.460 e. The number of benzene rings is 1. The van der Waals surface area contributed by atoms with E-state index in [1.54, 1.807) is 55.1 Å². The van der Waals surface area contributed by atoms with Crippen molar-refractivity contribution in [3.63, 3.8) is 0 Å². The van der Waals surface area contributed by atoms with Crippen LogP contribution < -0.4 is 20.3 Å². The van der Waals surface area contributed by atoms with Gasteiger partial charge in [-0.15, -0.1) is 0 Å². The molecule has 2 aliphatic rings. The summed E-state index contributed by atoms with van der Waals surface area (Å²) in [6, 6.07) is 11.4. The van der Waals surface area contributed by atoms with Crippen LogP contribution in [-0.4, -0.2) is 82.1 Å². The highest BCUT2D eigenvalue weighted by Crippen LogP contribution is 2.24. The van der Waals surface area contributed by atoms with Gasteiger partial charge in [-0.2, -0.15) is 4.98 Å². The molecule has 0 aliphatic carbocycles. The van der Waals surface area contributed by atoms with Gasteiger partial charge in [-0.1, -0.05) is 6.07 Å². The third kappa shape index (κ3) is 7.31. The number of nitrogens with one attached hydrogen (secondary N) is 2. The number of pyridine rings is 1. The lowest BCUT2D eigenvalue weighted by Gasteiger charge is -2.30. The van der Waals surface area contributed by atoms with Crippen LogP contribution >= 0.6 is 0 Å². The minimum Gasteiger partial charge on any atom is -0.460 e. The zero-order valence-electron chi connectivity index (χ0n) is 23.5. The van der Waals surface area contributed by atoms with Crippen LogP contribution in [0.15, 0.2) is 71.9 Å². The molecule has 13 nitrogen and oxygen atoms in total. The molecule has 2 fully saturated rings. The topological polar surface area (TPSA) is 148 Å². The molecule has 2 amide bonds. The first-order chi connectivity index (χ1) is 21.1. The molecular weight excluding hydrogens is 552 g/mol. The van der Waals surface area contributed by atoms with Crippen LogP contribution in [0, 0.1) is 0 Å². The highest BCUT2D eigenvalue weighted by molar-refractivity contribution is 6.12. The van der Waals surface area contributed by atoms with Gasteiger partial charge in [0.25, 0.3) is 17.8 Å². The minimum atomic E-state index is -0.481. The molecule has 0 bridgehead atoms. The Morgan fingerprint density at radius 1 is 0.953 bits per heavy atom. The van der Waals surface area contributed by atoms with Gasteiger partial charge < -0.3 is 29.4 Å². The molecule has 1 aromatic carbocycles. The number of hydrogen-bond acceptors (Lipinski definition) is 11. The van der Waals surface area contributed by atoms with Crippen LogP contribution in [0.25, 0.3) is 0 Å². The third-order valence-corrected chi connectivity index (χ3v) is 7.26. The van der Waals surface area contributed by atoms with Crippen molar-refractivity contribution in [1.82, 2.24) is 24.8 Å². The number of morpholine rings is 1. The summed E-state index contributed by atoms with van der Waals surface area (Å²) in [7, 11) is 0. The van der Waals surface area contributed by atoms with Crippen LogP contribution in [0.2, 0.25) is 0 Å². The van der Waals surface area contributed by atoms with Crippen LogP contribution in [0.5, 0.6) is 6.01 Å². The predicted octanol–water partition coefficient (Wildman–Crippen LogP) is 3.24. The van der Waals surface area contributed by atoms with Gasteiger partial charge in [0, 0.05) is 64.2 Å². The van der Waals surface area contributed by atoms with Crippen molar-refractivity contribution in [2.75, 3.05) is 54.9 Å². The molecule has 2 N–H and O–H groups in total. The normalized spacial score (nSPS) is 16.0. The van der Waals surface area contributed by atoms with Crippen molar-refractivity contribution in [2.24, 2.45) is 0 Å². The molecule has 4 aromatic rings. The van der Waals surface area contributed by atoms with E-state index in [4.69, 9.17) is 13.9 Å². The quantitative estimate of drug-likeness (QED) is 0.299. The van der Waals surface area contributed by atoms with Crippen molar-refractivity contribution in [2.45, 2.75) is 25.5 Å². The maximum Gasteiger partial charge on any atom is 0.316 e. The molecule has 13 heteroatoms. The van der Waals surface area contributed by atoms with Gasteiger partial charge >= 0.3 is 6.01 Å². The van der Waals surface area contributed by atoms with Crippen LogP contribution in [0.4, 0.5) is 17.4 Å². The Labute approximate surface area is 248 Å². The smallest absolute Gasteiger partial charge is 0.316 e. The van der Waals surface area contributed by atoms with E-state index < -0.39 is 5.91 Å². The van der Waals surface area contributed by atoms with Gasteiger partial charge in [-0.05, 0) is 35.9 Å². The first-order valence-corrected chi connectivity index (χ1v) is 14.2. The first kappa shape index (κ1) is 28.2. The lowest BCUT2D eigenvalue weighted by atomic mass is 10.1. The predicted molar refractivity (Wildman–Crippen MR) is 157 cm³/mol. The van der Waals surface area contributed by atoms with Gasteiger partial charge in [-0.25, -0.2) is 9.97 Å². The second-order valence-corrected chi connectivity index (χ2v) is 10.3. The Balaban J connectivity index is 1.12. The van der Waals surface area contributed by atoms with Crippen molar-refractivity contribution in [3.05, 3.63) is 84.3 Å². The number of ether oxygens (including phenoxy) is 2. The summed E-state index contributed by atoms with van der Waals surface area (Å²) >= 11 is 0. The van der Waals surface area contributed by atoms with E-state index in [1.165, 1.54) is 6.26 Å². The standard InChI is InChI=1S/C30H32N8O5/c39-27(34-22-3-1-8-31-18-22)24-17-21(19-37-13-15-41-16-14-37)4-5-25(24)35-28(40)26-20-42-30(36-26)38-11-6-23(7-12-38)43-29-32-9-2-10-33-29/h1-5,8-10,17-18,20,23H,6-7,11-16,19H2,(H,34,39)(H,35,40). The molecule has 0 unspecified atom stereocenters. The molecule has 2 saturated heterocycles. The Hall–Kier alpha value is -4.88. The van der Waals surface area contributed by atoms with E-state index >= 15 is 0 Å². The minimum absolute atomic E-state index is 0.0150. The Morgan fingerprint density at radius 2 is 1.77 bits per heavy atom. The lowest BCUT2D eigenvalue weighted by Crippen LogP contribution is -2.38. The van der Waals surface area contributed by atoms with Gasteiger partial charge in [0.1, 0.15) is 12.4 Å². The number of anilines is 3. The molecule has 43 heavy (non-hydrogen) atoms. The Bertz CT molecular complexity index is 1520. The van der Waals surface area contributed by atoms with Crippen molar-refractivity contribution in [3.8, 4) is 6.01 Å². The maximum absolute atomic E-state index is 13.4. The van der Waals surface area contributed by atoms with Crippen LogP contribution in [0.3, 0.4) is 0 Å². The number of oxazole rings is 1. The Kier molecular flexibility index (Phi) is 8.80. The molecule has 0 spiro atoms. The number of amides is 2. The van der Waals surface area contributed by atoms with Crippen LogP contribution in [0.1, 0.15) is 39.3 Å². The van der Waals surface area contributed by atoms with Crippen LogP contribution in [-0.2, 0) is 11.3 Å². The third-order valence-electron chi connectivity index (χ3n) is 7.26. The molecule has 0 radical (unpaired) electrons. The zero-order valence-corrected chi connectivity index (χ0v) is 23.5. The highest BCUT2D eigenvalue weighted by atomic mass is 16.5. The van der Waals surface area contributed by atoms with E-state index in [0.717, 1.165) is 31.5 Å². The van der Waals surface area contributed by atoms with E-state index in [0.29, 0.717) is 61.8 Å².